The van der Waals surface area contributed by atoms with Crippen molar-refractivity contribution in [1.82, 2.24) is 12.4 Å². The fourth-order valence-corrected chi connectivity index (χ4v) is 12.9. The molecule has 0 aromatic heterocycles. The van der Waals surface area contributed by atoms with Crippen LogP contribution in [0.3, 0.4) is 0 Å². The maximum atomic E-state index is 3.90. The molecule has 0 amide bonds. The minimum Gasteiger partial charge on any atom is -0.212 e. The Morgan fingerprint density at radius 1 is 0.667 bits per heavy atom. The molecule has 0 aliphatic carbocycles. The highest BCUT2D eigenvalue weighted by Gasteiger charge is 2.36. The van der Waals surface area contributed by atoms with Gasteiger partial charge in [-0.2, -0.15) is 0 Å². The zero-order valence-corrected chi connectivity index (χ0v) is 12.0. The average Bonchev–Trinajstić information content (AvgIpc) is 2.16. The first-order valence-corrected chi connectivity index (χ1v) is 10.7. The van der Waals surface area contributed by atoms with Gasteiger partial charge >= 0.3 is 0 Å². The lowest BCUT2D eigenvalue weighted by Crippen LogP contribution is -2.47. The van der Waals surface area contributed by atoms with Crippen LogP contribution >= 0.6 is 31.2 Å². The van der Waals surface area contributed by atoms with E-state index in [2.05, 4.69) is 50.9 Å². The van der Waals surface area contributed by atoms with E-state index in [-0.39, 0.29) is 0 Å². The summed E-state index contributed by atoms with van der Waals surface area (Å²) in [5, 5.41) is 5.91. The van der Waals surface area contributed by atoms with Gasteiger partial charge in [0.2, 0.25) is 0 Å². The van der Waals surface area contributed by atoms with Crippen molar-refractivity contribution in [2.45, 2.75) is 0 Å². The van der Waals surface area contributed by atoms with Crippen LogP contribution < -0.4 is 12.4 Å². The third-order valence-corrected chi connectivity index (χ3v) is 12.3. The van der Waals surface area contributed by atoms with Crippen LogP contribution in [0, 0.1) is 0 Å². The molecule has 6 heteroatoms. The van der Waals surface area contributed by atoms with Crippen molar-refractivity contribution in [1.29, 1.82) is 0 Å². The lowest BCUT2D eigenvalue weighted by Gasteiger charge is -2.59. The minimum atomic E-state index is -1.18. The van der Waals surface area contributed by atoms with Gasteiger partial charge in [-0.25, -0.2) is 12.4 Å². The highest BCUT2D eigenvalue weighted by Crippen LogP contribution is 2.64. The molecule has 1 aliphatic heterocycles. The van der Waals surface area contributed by atoms with Crippen LogP contribution in [0.15, 0.2) is 36.0 Å². The first-order valence-electron chi connectivity index (χ1n) is 4.38. The smallest absolute Gasteiger partial charge is 0.00504 e. The number of hydrogen-bond acceptors (Lipinski definition) is 3. The van der Waals surface area contributed by atoms with Crippen LogP contribution in [-0.4, -0.2) is 18.8 Å². The lowest BCUT2D eigenvalue weighted by molar-refractivity contribution is 1.37. The fourth-order valence-electron chi connectivity index (χ4n) is 1.33. The standard InChI is InChI=1S/C9H21N3S3/c1-7-13(4)10-14(5,8-2)12-15(6,9-3)11-13/h7-12H,1-3H2,4-6H3. The van der Waals surface area contributed by atoms with E-state index in [4.69, 9.17) is 0 Å². The van der Waals surface area contributed by atoms with Gasteiger partial charge in [-0.3, -0.25) is 0 Å². The number of nitrogens with one attached hydrogen (secondary N) is 3. The van der Waals surface area contributed by atoms with Crippen LogP contribution in [0.2, 0.25) is 0 Å². The molecule has 15 heavy (non-hydrogen) atoms. The highest BCUT2D eigenvalue weighted by atomic mass is 32.4. The largest absolute Gasteiger partial charge is 0.212 e. The van der Waals surface area contributed by atoms with Crippen molar-refractivity contribution in [2.24, 2.45) is 0 Å². The summed E-state index contributed by atoms with van der Waals surface area (Å²) in [4.78, 5) is 0. The molecule has 3 N–H and O–H groups in total. The SMILES string of the molecule is C=CS1(C)NS(C)(C=C)NS(C)(C=C)N1. The van der Waals surface area contributed by atoms with Crippen LogP contribution in [-0.2, 0) is 0 Å². The van der Waals surface area contributed by atoms with Gasteiger partial charge in [0.15, 0.2) is 0 Å². The van der Waals surface area contributed by atoms with E-state index in [1.165, 1.54) is 0 Å². The number of rotatable bonds is 3. The van der Waals surface area contributed by atoms with E-state index in [1.54, 1.807) is 0 Å². The maximum absolute atomic E-state index is 3.90. The predicted molar refractivity (Wildman–Crippen MR) is 80.5 cm³/mol. The van der Waals surface area contributed by atoms with Gasteiger partial charge in [0.25, 0.3) is 0 Å². The van der Waals surface area contributed by atoms with Crippen molar-refractivity contribution >= 4 is 31.2 Å². The summed E-state index contributed by atoms with van der Waals surface area (Å²) >= 11 is 0. The third kappa shape index (κ3) is 2.83. The Morgan fingerprint density at radius 2 is 0.867 bits per heavy atom. The quantitative estimate of drug-likeness (QED) is 0.736. The van der Waals surface area contributed by atoms with E-state index in [1.807, 2.05) is 16.2 Å². The van der Waals surface area contributed by atoms with Crippen molar-refractivity contribution in [2.75, 3.05) is 18.8 Å². The summed E-state index contributed by atoms with van der Waals surface area (Å²) in [6.07, 6.45) is 6.47. The molecule has 0 saturated carbocycles. The molecule has 90 valence electrons. The van der Waals surface area contributed by atoms with Crippen molar-refractivity contribution in [3.05, 3.63) is 36.0 Å². The van der Waals surface area contributed by atoms with Crippen LogP contribution in [0.1, 0.15) is 0 Å². The highest BCUT2D eigenvalue weighted by molar-refractivity contribution is 8.59. The van der Waals surface area contributed by atoms with Crippen LogP contribution in [0.4, 0.5) is 0 Å². The molecule has 1 rings (SSSR count). The van der Waals surface area contributed by atoms with E-state index >= 15 is 0 Å². The average molecular weight is 267 g/mol. The second-order valence-corrected chi connectivity index (χ2v) is 12.6. The van der Waals surface area contributed by atoms with Crippen LogP contribution in [0.5, 0.6) is 0 Å². The summed E-state index contributed by atoms with van der Waals surface area (Å²) in [5.41, 5.74) is 0. The molecule has 1 heterocycles. The van der Waals surface area contributed by atoms with Gasteiger partial charge in [-0.1, -0.05) is 50.9 Å². The van der Waals surface area contributed by atoms with Crippen LogP contribution in [0.25, 0.3) is 0 Å². The fraction of sp³-hybridized carbons (Fsp3) is 0.333. The van der Waals surface area contributed by atoms with E-state index in [0.717, 1.165) is 0 Å². The molecular formula is C9H21N3S3. The van der Waals surface area contributed by atoms with Gasteiger partial charge < -0.3 is 0 Å². The summed E-state index contributed by atoms with van der Waals surface area (Å²) in [6.45, 7) is 11.7. The molecule has 0 radical (unpaired) electrons. The van der Waals surface area contributed by atoms with E-state index in [0.29, 0.717) is 0 Å². The Bertz CT molecular complexity index is 249. The molecule has 0 unspecified atom stereocenters. The van der Waals surface area contributed by atoms with Gasteiger partial charge in [0.1, 0.15) is 0 Å². The van der Waals surface area contributed by atoms with Gasteiger partial charge in [-0.15, -0.1) is 0 Å². The second kappa shape index (κ2) is 4.20. The Balaban J connectivity index is 3.07. The molecule has 0 bridgehead atoms. The summed E-state index contributed by atoms with van der Waals surface area (Å²) in [5.74, 6) is 0. The Kier molecular flexibility index (Phi) is 3.70. The number of hydrogen-bond donors (Lipinski definition) is 3. The molecule has 0 aromatic carbocycles. The Labute approximate surface area is 98.2 Å². The summed E-state index contributed by atoms with van der Waals surface area (Å²) in [7, 11) is -3.55. The molecule has 0 aromatic rings. The summed E-state index contributed by atoms with van der Waals surface area (Å²) in [6, 6.07) is 0. The minimum absolute atomic E-state index is 1.18. The molecule has 1 saturated heterocycles. The zero-order valence-electron chi connectivity index (χ0n) is 9.58. The Morgan fingerprint density at radius 3 is 1.00 bits per heavy atom. The zero-order chi connectivity index (χ0) is 11.7. The van der Waals surface area contributed by atoms with Gasteiger partial charge in [0.05, 0.1) is 0 Å². The van der Waals surface area contributed by atoms with Crippen molar-refractivity contribution in [3.63, 3.8) is 0 Å². The van der Waals surface area contributed by atoms with Crippen molar-refractivity contribution in [3.8, 4) is 0 Å². The molecule has 0 atom stereocenters. The lowest BCUT2D eigenvalue weighted by atomic mass is 11.3. The molecular weight excluding hydrogens is 246 g/mol. The normalized spacial score (nSPS) is 58.6. The topological polar surface area (TPSA) is 36.1 Å². The first-order chi connectivity index (χ1) is 6.80. The van der Waals surface area contributed by atoms with E-state index < -0.39 is 31.2 Å². The second-order valence-electron chi connectivity index (χ2n) is 3.70. The monoisotopic (exact) mass is 267 g/mol. The van der Waals surface area contributed by atoms with Crippen molar-refractivity contribution < 1.29 is 0 Å². The summed E-state index contributed by atoms with van der Waals surface area (Å²) < 4.78 is 10.7. The molecule has 1 aliphatic rings. The Hall–Kier alpha value is 0.150. The van der Waals surface area contributed by atoms with Gasteiger partial charge in [-0.05, 0) is 35.0 Å². The maximum Gasteiger partial charge on any atom is -0.00504 e. The van der Waals surface area contributed by atoms with Gasteiger partial charge in [0, 0.05) is 0 Å². The first kappa shape index (κ1) is 13.2. The molecule has 0 spiro atoms. The molecule has 3 nitrogen and oxygen atoms in total. The molecule has 1 fully saturated rings. The predicted octanol–water partition coefficient (Wildman–Crippen LogP) is 2.99. The van der Waals surface area contributed by atoms with E-state index in [9.17, 15) is 0 Å². The third-order valence-electron chi connectivity index (χ3n) is 2.04.